The van der Waals surface area contributed by atoms with E-state index in [9.17, 15) is 18.1 Å². The van der Waals surface area contributed by atoms with Crippen molar-refractivity contribution < 1.29 is 18.1 Å². The van der Waals surface area contributed by atoms with Gasteiger partial charge in [0.25, 0.3) is 5.91 Å². The highest BCUT2D eigenvalue weighted by molar-refractivity contribution is 7.91. The molecule has 2 heterocycles. The van der Waals surface area contributed by atoms with E-state index in [-0.39, 0.29) is 40.1 Å². The predicted octanol–water partition coefficient (Wildman–Crippen LogP) is 3.76. The fourth-order valence-electron chi connectivity index (χ4n) is 4.98. The van der Waals surface area contributed by atoms with Crippen molar-refractivity contribution in [2.75, 3.05) is 11.6 Å². The number of benzene rings is 1. The summed E-state index contributed by atoms with van der Waals surface area (Å²) in [5, 5.41) is 3.18. The number of nitrogens with zero attached hydrogens (tertiary/aromatic N) is 2. The van der Waals surface area contributed by atoms with Crippen molar-refractivity contribution in [3.63, 3.8) is 0 Å². The first kappa shape index (κ1) is 25.6. The zero-order chi connectivity index (χ0) is 25.3. The quantitative estimate of drug-likeness (QED) is 0.397. The zero-order valence-electron chi connectivity index (χ0n) is 19.4. The Hall–Kier alpha value is -2.45. The van der Waals surface area contributed by atoms with Crippen LogP contribution in [0.1, 0.15) is 41.7 Å². The largest absolute Gasteiger partial charge is 0.616 e. The van der Waals surface area contributed by atoms with Gasteiger partial charge in [0.05, 0.1) is 24.2 Å². The van der Waals surface area contributed by atoms with E-state index in [0.29, 0.717) is 17.4 Å². The lowest BCUT2D eigenvalue weighted by Crippen LogP contribution is -2.48. The number of carbonyl (C=O) groups excluding carboxylic acids is 1. The highest BCUT2D eigenvalue weighted by atomic mass is 32.2. The maximum atomic E-state index is 14.6. The van der Waals surface area contributed by atoms with Crippen molar-refractivity contribution in [2.24, 2.45) is 11.7 Å². The molecule has 1 fully saturated rings. The smallest absolute Gasteiger partial charge is 0.274 e. The van der Waals surface area contributed by atoms with Crippen LogP contribution in [0.25, 0.3) is 11.3 Å². The summed E-state index contributed by atoms with van der Waals surface area (Å²) in [6, 6.07) is 8.32. The summed E-state index contributed by atoms with van der Waals surface area (Å²) in [7, 11) is 2.35. The second kappa shape index (κ2) is 10.7. The van der Waals surface area contributed by atoms with E-state index in [0.717, 1.165) is 18.1 Å². The highest BCUT2D eigenvalue weighted by Crippen LogP contribution is 2.40. The molecule has 1 amide bonds. The fourth-order valence-corrected chi connectivity index (χ4v) is 6.73. The van der Waals surface area contributed by atoms with Gasteiger partial charge in [0, 0.05) is 17.7 Å². The number of hydrogen-bond donors (Lipinski definition) is 2. The van der Waals surface area contributed by atoms with Crippen LogP contribution in [0.2, 0.25) is 0 Å². The van der Waals surface area contributed by atoms with Gasteiger partial charge >= 0.3 is 0 Å². The molecule has 6 nitrogen and oxygen atoms in total. The topological polar surface area (TPSA) is 104 Å². The van der Waals surface area contributed by atoms with Crippen molar-refractivity contribution in [1.82, 2.24) is 9.97 Å². The fraction of sp³-hybridized carbons (Fsp3) is 0.320. The summed E-state index contributed by atoms with van der Waals surface area (Å²) in [6.45, 7) is 2.05. The average Bonchev–Trinajstić information content (AvgIpc) is 2.79. The highest BCUT2D eigenvalue weighted by Gasteiger charge is 2.40. The molecule has 0 saturated heterocycles. The van der Waals surface area contributed by atoms with Crippen LogP contribution >= 0.6 is 9.24 Å². The molecule has 3 N–H and O–H groups in total. The molecule has 3 aromatic rings. The molecule has 0 bridgehead atoms. The molecule has 35 heavy (non-hydrogen) atoms. The van der Waals surface area contributed by atoms with Gasteiger partial charge in [0.2, 0.25) is 0 Å². The second-order valence-corrected chi connectivity index (χ2v) is 11.1. The third kappa shape index (κ3) is 5.38. The van der Waals surface area contributed by atoms with Crippen molar-refractivity contribution in [3.8, 4) is 11.3 Å². The van der Waals surface area contributed by atoms with Crippen molar-refractivity contribution in [2.45, 2.75) is 37.0 Å². The first-order chi connectivity index (χ1) is 16.7. The minimum atomic E-state index is -1.02. The summed E-state index contributed by atoms with van der Waals surface area (Å²) >= 11 is -1.02. The predicted molar refractivity (Wildman–Crippen MR) is 138 cm³/mol. The van der Waals surface area contributed by atoms with Gasteiger partial charge in [-0.25, -0.2) is 13.8 Å². The Morgan fingerprint density at radius 2 is 1.97 bits per heavy atom. The van der Waals surface area contributed by atoms with Gasteiger partial charge in [-0.2, -0.15) is 0 Å². The van der Waals surface area contributed by atoms with Gasteiger partial charge in [-0.15, -0.1) is 9.24 Å². The third-order valence-corrected chi connectivity index (χ3v) is 8.55. The second-order valence-electron chi connectivity index (χ2n) is 8.92. The number of carbonyl (C=O) groups is 1. The molecule has 10 heteroatoms. The van der Waals surface area contributed by atoms with Gasteiger partial charge in [-0.1, -0.05) is 30.2 Å². The third-order valence-electron chi connectivity index (χ3n) is 6.48. The lowest BCUT2D eigenvalue weighted by Gasteiger charge is -2.38. The maximum Gasteiger partial charge on any atom is 0.274 e. The van der Waals surface area contributed by atoms with E-state index in [4.69, 9.17) is 5.73 Å². The molecule has 1 aromatic carbocycles. The van der Waals surface area contributed by atoms with Crippen molar-refractivity contribution in [1.29, 1.82) is 0 Å². The molecule has 0 aliphatic heterocycles. The number of halogens is 2. The Kier molecular flexibility index (Phi) is 7.81. The van der Waals surface area contributed by atoms with E-state index < -0.39 is 28.7 Å². The molecule has 2 aromatic heterocycles. The van der Waals surface area contributed by atoms with Crippen LogP contribution in [0.3, 0.4) is 0 Å². The maximum absolute atomic E-state index is 14.6. The summed E-state index contributed by atoms with van der Waals surface area (Å²) < 4.78 is 41.1. The first-order valence-corrected chi connectivity index (χ1v) is 13.4. The Balaban J connectivity index is 1.61. The van der Waals surface area contributed by atoms with Crippen LogP contribution < -0.4 is 16.4 Å². The number of nitrogens with two attached hydrogens (primary N) is 1. The number of amides is 1. The van der Waals surface area contributed by atoms with Gasteiger partial charge in [0.1, 0.15) is 28.3 Å². The van der Waals surface area contributed by atoms with Crippen LogP contribution in [-0.2, 0) is 11.2 Å². The van der Waals surface area contributed by atoms with Gasteiger partial charge in [-0.3, -0.25) is 9.78 Å². The molecule has 0 spiro atoms. The summed E-state index contributed by atoms with van der Waals surface area (Å²) in [5.74, 6) is -1.74. The average molecular weight is 517 g/mol. The summed E-state index contributed by atoms with van der Waals surface area (Å²) in [6.07, 6.45) is 6.29. The van der Waals surface area contributed by atoms with Crippen LogP contribution in [-0.4, -0.2) is 38.0 Å². The zero-order valence-corrected chi connectivity index (χ0v) is 21.3. The SMILES string of the molecule is C[C@H]1C[C@@H](c2ccncc2NC(=O)c2ccc(F)c(-c3c(F)cccc3P)n2)C[C@@H](N)[C@H]1[S+](C)[O-]. The van der Waals surface area contributed by atoms with E-state index in [1.165, 1.54) is 18.2 Å². The lowest BCUT2D eigenvalue weighted by atomic mass is 9.76. The number of pyridine rings is 2. The number of rotatable bonds is 5. The molecule has 4 rings (SSSR count). The Morgan fingerprint density at radius 3 is 2.66 bits per heavy atom. The van der Waals surface area contributed by atoms with E-state index in [2.05, 4.69) is 24.5 Å². The number of hydrogen-bond acceptors (Lipinski definition) is 5. The lowest BCUT2D eigenvalue weighted by molar-refractivity contribution is 0.102. The number of anilines is 1. The van der Waals surface area contributed by atoms with Gasteiger partial charge < -0.3 is 15.6 Å². The van der Waals surface area contributed by atoms with Crippen molar-refractivity contribution in [3.05, 3.63) is 71.7 Å². The van der Waals surface area contributed by atoms with E-state index >= 15 is 0 Å². The monoisotopic (exact) mass is 516 g/mol. The number of aromatic nitrogens is 2. The molecule has 6 atom stereocenters. The summed E-state index contributed by atoms with van der Waals surface area (Å²) in [4.78, 5) is 21.4. The molecule has 0 radical (unpaired) electrons. The molecular weight excluding hydrogens is 489 g/mol. The van der Waals surface area contributed by atoms with Gasteiger partial charge in [0.15, 0.2) is 0 Å². The molecular formula is C25H27F2N4O2PS. The molecule has 1 saturated carbocycles. The summed E-state index contributed by atoms with van der Waals surface area (Å²) in [5.41, 5.74) is 7.45. The minimum Gasteiger partial charge on any atom is -0.616 e. The van der Waals surface area contributed by atoms with E-state index in [1.807, 2.05) is 13.0 Å². The van der Waals surface area contributed by atoms with E-state index in [1.54, 1.807) is 24.7 Å². The first-order valence-electron chi connectivity index (χ1n) is 11.2. The Labute approximate surface area is 208 Å². The minimum absolute atomic E-state index is 0.0141. The van der Waals surface area contributed by atoms with Crippen LogP contribution in [0.4, 0.5) is 14.5 Å². The molecule has 1 aliphatic carbocycles. The normalized spacial score (nSPS) is 23.1. The van der Waals surface area contributed by atoms with Crippen LogP contribution in [0, 0.1) is 17.6 Å². The Morgan fingerprint density at radius 1 is 1.20 bits per heavy atom. The van der Waals surface area contributed by atoms with Gasteiger partial charge in [-0.05, 0) is 53.9 Å². The van der Waals surface area contributed by atoms with Crippen LogP contribution in [0.5, 0.6) is 0 Å². The molecule has 184 valence electrons. The Bertz CT molecular complexity index is 1210. The van der Waals surface area contributed by atoms with Crippen molar-refractivity contribution >= 4 is 37.3 Å². The van der Waals surface area contributed by atoms with Crippen LogP contribution in [0.15, 0.2) is 48.8 Å². The molecule has 2 unspecified atom stereocenters. The standard InChI is InChI=1S/C25H27F2N4O2PS/c1-13-10-14(11-18(28)24(13)35(2)33)15-8-9-29-12-20(15)31-25(32)19-7-6-17(27)23(30-19)22-16(26)4-3-5-21(22)34/h3-9,12-14,18,24H,10-11,28,34H2,1-2H3,(H,31,32)/t13-,14+,18+,24-,35?/m0/s1. The molecule has 1 aliphatic rings. The number of nitrogens with one attached hydrogen (secondary N) is 1.